The molecular weight excluding hydrogens is 344 g/mol. The third-order valence-corrected chi connectivity index (χ3v) is 3.42. The zero-order valence-electron chi connectivity index (χ0n) is 10.9. The lowest BCUT2D eigenvalue weighted by Crippen LogP contribution is -2.20. The fourth-order valence-electron chi connectivity index (χ4n) is 1.77. The van der Waals surface area contributed by atoms with Gasteiger partial charge in [0.1, 0.15) is 0 Å². The number of carboxylic acids is 1. The third kappa shape index (κ3) is 3.37. The Morgan fingerprint density at radius 1 is 1.57 bits per heavy atom. The highest BCUT2D eigenvalue weighted by molar-refractivity contribution is 9.10. The lowest BCUT2D eigenvalue weighted by atomic mass is 10.1. The van der Waals surface area contributed by atoms with E-state index in [1.807, 2.05) is 0 Å². The van der Waals surface area contributed by atoms with Crippen molar-refractivity contribution in [1.82, 2.24) is 9.78 Å². The molecule has 21 heavy (non-hydrogen) atoms. The first-order chi connectivity index (χ1) is 9.88. The minimum Gasteiger partial charge on any atom is -0.479 e. The summed E-state index contributed by atoms with van der Waals surface area (Å²) in [4.78, 5) is 21.5. The molecule has 1 aromatic carbocycles. The van der Waals surface area contributed by atoms with Crippen molar-refractivity contribution in [3.05, 3.63) is 50.7 Å². The van der Waals surface area contributed by atoms with Gasteiger partial charge in [-0.15, -0.1) is 0 Å². The predicted molar refractivity (Wildman–Crippen MR) is 78.0 cm³/mol. The topological polar surface area (TPSA) is 110 Å². The third-order valence-electron chi connectivity index (χ3n) is 2.77. The van der Waals surface area contributed by atoms with Crippen LogP contribution in [0.15, 0.2) is 35.1 Å². The number of nitrogens with one attached hydrogen (secondary N) is 1. The molecule has 2 rings (SSSR count). The van der Waals surface area contributed by atoms with E-state index in [2.05, 4.69) is 26.3 Å². The van der Waals surface area contributed by atoms with Crippen molar-refractivity contribution in [2.45, 2.75) is 6.04 Å². The molecule has 0 saturated carbocycles. The van der Waals surface area contributed by atoms with Crippen molar-refractivity contribution in [1.29, 1.82) is 0 Å². The number of nitro benzene ring substituents is 1. The van der Waals surface area contributed by atoms with Crippen LogP contribution < -0.4 is 5.32 Å². The van der Waals surface area contributed by atoms with Crippen LogP contribution >= 0.6 is 15.9 Å². The molecule has 1 heterocycles. The number of aryl methyl sites for hydroxylation is 1. The molecule has 110 valence electrons. The summed E-state index contributed by atoms with van der Waals surface area (Å²) >= 11 is 3.19. The Balaban J connectivity index is 2.29. The standard InChI is InChI=1S/C12H11BrN4O4/c1-16-6-7(5-14-16)11(12(18)19)15-10-3-2-8(17(20)21)4-9(10)13/h2-6,11,15H,1H3,(H,18,19). The monoisotopic (exact) mass is 354 g/mol. The normalized spacial score (nSPS) is 11.9. The van der Waals surface area contributed by atoms with Gasteiger partial charge in [-0.1, -0.05) is 0 Å². The number of benzene rings is 1. The smallest absolute Gasteiger partial charge is 0.330 e. The number of aromatic nitrogens is 2. The maximum atomic E-state index is 11.4. The second kappa shape index (κ2) is 5.92. The summed E-state index contributed by atoms with van der Waals surface area (Å²) in [5.74, 6) is -1.08. The van der Waals surface area contributed by atoms with Crippen LogP contribution in [0.25, 0.3) is 0 Å². The molecule has 2 aromatic rings. The number of hydrogen-bond donors (Lipinski definition) is 2. The molecule has 0 aliphatic heterocycles. The van der Waals surface area contributed by atoms with Gasteiger partial charge in [-0.05, 0) is 22.0 Å². The Morgan fingerprint density at radius 3 is 2.76 bits per heavy atom. The van der Waals surface area contributed by atoms with Gasteiger partial charge >= 0.3 is 5.97 Å². The molecule has 0 saturated heterocycles. The van der Waals surface area contributed by atoms with Gasteiger partial charge in [0.05, 0.1) is 11.1 Å². The van der Waals surface area contributed by atoms with Crippen molar-refractivity contribution in [2.24, 2.45) is 7.05 Å². The average Bonchev–Trinajstić information content (AvgIpc) is 2.83. The Morgan fingerprint density at radius 2 is 2.29 bits per heavy atom. The van der Waals surface area contributed by atoms with Crippen LogP contribution in [0.2, 0.25) is 0 Å². The number of non-ortho nitro benzene ring substituents is 1. The highest BCUT2D eigenvalue weighted by Gasteiger charge is 2.22. The molecule has 0 fully saturated rings. The van der Waals surface area contributed by atoms with Gasteiger partial charge in [-0.25, -0.2) is 4.79 Å². The summed E-state index contributed by atoms with van der Waals surface area (Å²) in [6.07, 6.45) is 3.04. The molecule has 0 bridgehead atoms. The number of hydrogen-bond acceptors (Lipinski definition) is 5. The molecule has 0 amide bonds. The fourth-order valence-corrected chi connectivity index (χ4v) is 2.25. The second-order valence-electron chi connectivity index (χ2n) is 4.28. The van der Waals surface area contributed by atoms with Gasteiger partial charge in [-0.3, -0.25) is 14.8 Å². The van der Waals surface area contributed by atoms with E-state index in [0.29, 0.717) is 15.7 Å². The molecule has 2 N–H and O–H groups in total. The van der Waals surface area contributed by atoms with Gasteiger partial charge in [0, 0.05) is 41.1 Å². The van der Waals surface area contributed by atoms with Gasteiger partial charge in [-0.2, -0.15) is 5.10 Å². The van der Waals surface area contributed by atoms with Crippen molar-refractivity contribution in [3.8, 4) is 0 Å². The quantitative estimate of drug-likeness (QED) is 0.629. The number of nitro groups is 1. The Kier molecular flexibility index (Phi) is 4.22. The van der Waals surface area contributed by atoms with E-state index < -0.39 is 16.9 Å². The summed E-state index contributed by atoms with van der Waals surface area (Å²) in [6.45, 7) is 0. The van der Waals surface area contributed by atoms with Crippen molar-refractivity contribution >= 4 is 33.3 Å². The van der Waals surface area contributed by atoms with Crippen LogP contribution in [0.4, 0.5) is 11.4 Å². The lowest BCUT2D eigenvalue weighted by molar-refractivity contribution is -0.384. The Hall–Kier alpha value is -2.42. The average molecular weight is 355 g/mol. The van der Waals surface area contributed by atoms with E-state index in [-0.39, 0.29) is 5.69 Å². The van der Waals surface area contributed by atoms with Gasteiger partial charge in [0.15, 0.2) is 6.04 Å². The molecule has 0 radical (unpaired) electrons. The zero-order valence-corrected chi connectivity index (χ0v) is 12.4. The first-order valence-corrected chi connectivity index (χ1v) is 6.59. The summed E-state index contributed by atoms with van der Waals surface area (Å²) in [5, 5.41) is 26.7. The van der Waals surface area contributed by atoms with E-state index in [0.717, 1.165) is 0 Å². The summed E-state index contributed by atoms with van der Waals surface area (Å²) in [5.41, 5.74) is 0.841. The zero-order chi connectivity index (χ0) is 15.6. The summed E-state index contributed by atoms with van der Waals surface area (Å²) in [7, 11) is 1.68. The Labute approximate surface area is 127 Å². The van der Waals surface area contributed by atoms with Crippen LogP contribution in [-0.2, 0) is 11.8 Å². The number of rotatable bonds is 5. The molecule has 9 heteroatoms. The number of aliphatic carboxylic acids is 1. The molecule has 1 aromatic heterocycles. The molecule has 1 unspecified atom stereocenters. The second-order valence-corrected chi connectivity index (χ2v) is 5.14. The summed E-state index contributed by atoms with van der Waals surface area (Å²) in [6, 6.07) is 3.06. The van der Waals surface area contributed by atoms with Gasteiger partial charge < -0.3 is 10.4 Å². The first kappa shape index (κ1) is 15.0. The number of carboxylic acid groups (broad SMARTS) is 1. The SMILES string of the molecule is Cn1cc(C(Nc2ccc([N+](=O)[O-])cc2Br)C(=O)O)cn1. The minimum absolute atomic E-state index is 0.0827. The van der Waals surface area contributed by atoms with Crippen LogP contribution in [0.1, 0.15) is 11.6 Å². The lowest BCUT2D eigenvalue weighted by Gasteiger charge is -2.15. The van der Waals surface area contributed by atoms with E-state index in [1.165, 1.54) is 29.1 Å². The first-order valence-electron chi connectivity index (χ1n) is 5.80. The fraction of sp³-hybridized carbons (Fsp3) is 0.167. The molecule has 0 aliphatic carbocycles. The molecule has 0 aliphatic rings. The predicted octanol–water partition coefficient (Wildman–Crippen LogP) is 2.33. The number of anilines is 1. The van der Waals surface area contributed by atoms with Crippen LogP contribution in [0.3, 0.4) is 0 Å². The van der Waals surface area contributed by atoms with Crippen LogP contribution in [0.5, 0.6) is 0 Å². The van der Waals surface area contributed by atoms with E-state index in [1.54, 1.807) is 13.2 Å². The highest BCUT2D eigenvalue weighted by Crippen LogP contribution is 2.30. The number of carbonyl (C=O) groups is 1. The minimum atomic E-state index is -1.08. The maximum absolute atomic E-state index is 11.4. The van der Waals surface area contributed by atoms with Crippen LogP contribution in [-0.4, -0.2) is 25.8 Å². The number of halogens is 1. The van der Waals surface area contributed by atoms with E-state index >= 15 is 0 Å². The largest absolute Gasteiger partial charge is 0.479 e. The van der Waals surface area contributed by atoms with Crippen molar-refractivity contribution < 1.29 is 14.8 Å². The van der Waals surface area contributed by atoms with Crippen LogP contribution in [0, 0.1) is 10.1 Å². The highest BCUT2D eigenvalue weighted by atomic mass is 79.9. The van der Waals surface area contributed by atoms with Gasteiger partial charge in [0.25, 0.3) is 5.69 Å². The number of nitrogens with zero attached hydrogens (tertiary/aromatic N) is 3. The van der Waals surface area contributed by atoms with Gasteiger partial charge in [0.2, 0.25) is 0 Å². The molecule has 8 nitrogen and oxygen atoms in total. The summed E-state index contributed by atoms with van der Waals surface area (Å²) < 4.78 is 1.91. The van der Waals surface area contributed by atoms with E-state index in [4.69, 9.17) is 0 Å². The molecule has 1 atom stereocenters. The van der Waals surface area contributed by atoms with Crippen molar-refractivity contribution in [3.63, 3.8) is 0 Å². The van der Waals surface area contributed by atoms with Crippen molar-refractivity contribution in [2.75, 3.05) is 5.32 Å². The molecule has 0 spiro atoms. The maximum Gasteiger partial charge on any atom is 0.330 e. The van der Waals surface area contributed by atoms with E-state index in [9.17, 15) is 20.0 Å². The molecular formula is C12H11BrN4O4. The Bertz CT molecular complexity index is 700.